The lowest BCUT2D eigenvalue weighted by Crippen LogP contribution is -2.41. The summed E-state index contributed by atoms with van der Waals surface area (Å²) in [4.78, 5) is 28.4. The Morgan fingerprint density at radius 1 is 1.31 bits per heavy atom. The molecule has 1 fully saturated rings. The molecule has 3 rings (SSSR count). The van der Waals surface area contributed by atoms with Gasteiger partial charge in [0.25, 0.3) is 0 Å². The molecule has 0 aliphatic carbocycles. The highest BCUT2D eigenvalue weighted by molar-refractivity contribution is 8.01. The molecule has 1 saturated heterocycles. The van der Waals surface area contributed by atoms with E-state index in [1.54, 1.807) is 11.3 Å². The summed E-state index contributed by atoms with van der Waals surface area (Å²) in [5.41, 5.74) is 1.92. The predicted octanol–water partition coefficient (Wildman–Crippen LogP) is 4.32. The molecule has 0 radical (unpaired) electrons. The lowest BCUT2D eigenvalue weighted by molar-refractivity contribution is -0.132. The molecule has 1 aromatic heterocycles. The molecular formula is C22H28N2O3S2. The van der Waals surface area contributed by atoms with E-state index >= 15 is 0 Å². The Bertz CT molecular complexity index is 787. The van der Waals surface area contributed by atoms with Crippen molar-refractivity contribution in [3.05, 3.63) is 52.2 Å². The number of carbonyl (C=O) groups excluding carboxylic acids is 2. The number of rotatable bonds is 9. The molecule has 2 unspecified atom stereocenters. The summed E-state index contributed by atoms with van der Waals surface area (Å²) in [6, 6.07) is 11.7. The quantitative estimate of drug-likeness (QED) is 0.641. The van der Waals surface area contributed by atoms with E-state index in [-0.39, 0.29) is 28.9 Å². The molecule has 1 N–H and O–H groups in total. The van der Waals surface area contributed by atoms with E-state index in [9.17, 15) is 9.59 Å². The predicted molar refractivity (Wildman–Crippen MR) is 120 cm³/mol. The van der Waals surface area contributed by atoms with Crippen molar-refractivity contribution >= 4 is 40.6 Å². The van der Waals surface area contributed by atoms with Crippen molar-refractivity contribution in [2.24, 2.45) is 0 Å². The fraction of sp³-hybridized carbons (Fsp3) is 0.455. The third kappa shape index (κ3) is 6.87. The average molecular weight is 433 g/mol. The van der Waals surface area contributed by atoms with Crippen LogP contribution in [0.5, 0.6) is 0 Å². The topological polar surface area (TPSA) is 58.6 Å². The monoisotopic (exact) mass is 432 g/mol. The fourth-order valence-corrected chi connectivity index (χ4v) is 4.70. The van der Waals surface area contributed by atoms with Gasteiger partial charge in [0.2, 0.25) is 11.8 Å². The van der Waals surface area contributed by atoms with E-state index < -0.39 is 0 Å². The molecule has 0 saturated carbocycles. The van der Waals surface area contributed by atoms with E-state index in [2.05, 4.69) is 5.32 Å². The highest BCUT2D eigenvalue weighted by Crippen LogP contribution is 2.21. The Balaban J connectivity index is 1.53. The highest BCUT2D eigenvalue weighted by Gasteiger charge is 2.26. The number of thioether (sulfide) groups is 1. The van der Waals surface area contributed by atoms with E-state index in [1.165, 1.54) is 11.8 Å². The minimum absolute atomic E-state index is 0.0574. The van der Waals surface area contributed by atoms with Gasteiger partial charge in [0.05, 0.1) is 23.7 Å². The minimum Gasteiger partial charge on any atom is -0.376 e. The number of ether oxygens (including phenoxy) is 1. The first-order valence-corrected chi connectivity index (χ1v) is 11.8. The van der Waals surface area contributed by atoms with Gasteiger partial charge >= 0.3 is 0 Å². The van der Waals surface area contributed by atoms with Gasteiger partial charge in [-0.15, -0.1) is 23.1 Å². The maximum absolute atomic E-state index is 13.1. The molecule has 0 bridgehead atoms. The number of thiophene rings is 1. The molecular weight excluding hydrogens is 404 g/mol. The minimum atomic E-state index is -0.292. The Morgan fingerprint density at radius 2 is 2.10 bits per heavy atom. The third-order valence-electron chi connectivity index (χ3n) is 4.83. The van der Waals surface area contributed by atoms with Gasteiger partial charge in [-0.2, -0.15) is 0 Å². The summed E-state index contributed by atoms with van der Waals surface area (Å²) >= 11 is 3.03. The lowest BCUT2D eigenvalue weighted by Gasteiger charge is -2.27. The fourth-order valence-electron chi connectivity index (χ4n) is 3.22. The number of anilines is 1. The number of nitrogens with zero attached hydrogens (tertiary/aromatic N) is 1. The molecule has 2 aromatic rings. The van der Waals surface area contributed by atoms with E-state index in [4.69, 9.17) is 4.74 Å². The Labute approximate surface area is 180 Å². The summed E-state index contributed by atoms with van der Waals surface area (Å²) in [6.45, 7) is 5.86. The zero-order valence-electron chi connectivity index (χ0n) is 16.9. The van der Waals surface area contributed by atoms with Crippen LogP contribution in [0, 0.1) is 6.92 Å². The van der Waals surface area contributed by atoms with Crippen molar-refractivity contribution < 1.29 is 14.3 Å². The largest absolute Gasteiger partial charge is 0.376 e. The van der Waals surface area contributed by atoms with Crippen molar-refractivity contribution in [2.45, 2.75) is 44.6 Å². The van der Waals surface area contributed by atoms with Crippen LogP contribution in [0.2, 0.25) is 0 Å². The second kappa shape index (κ2) is 10.8. The molecule has 2 amide bonds. The van der Waals surface area contributed by atoms with E-state index in [1.807, 2.05) is 60.5 Å². The zero-order chi connectivity index (χ0) is 20.6. The number of aryl methyl sites for hydroxylation is 1. The van der Waals surface area contributed by atoms with Crippen LogP contribution >= 0.6 is 23.1 Å². The molecule has 2 heterocycles. The van der Waals surface area contributed by atoms with Crippen LogP contribution in [0.4, 0.5) is 5.69 Å². The van der Waals surface area contributed by atoms with Crippen LogP contribution in [0.3, 0.4) is 0 Å². The standard InChI is InChI=1S/C22H28N2O3S2/c1-16-7-9-18(10-8-16)23-21(25)15-29-17(2)22(26)24(13-19-5-3-11-27-19)14-20-6-4-12-28-20/h4,6-10,12,17,19H,3,5,11,13-15H2,1-2H3,(H,23,25). The molecule has 5 nitrogen and oxygen atoms in total. The smallest absolute Gasteiger partial charge is 0.235 e. The molecule has 7 heteroatoms. The zero-order valence-corrected chi connectivity index (χ0v) is 18.6. The number of amides is 2. The number of nitrogens with one attached hydrogen (secondary N) is 1. The second-order valence-electron chi connectivity index (χ2n) is 7.30. The molecule has 1 aromatic carbocycles. The SMILES string of the molecule is Cc1ccc(NC(=O)CSC(C)C(=O)N(Cc2cccs2)CC2CCCO2)cc1. The second-order valence-corrected chi connectivity index (χ2v) is 9.66. The number of carbonyl (C=O) groups is 2. The van der Waals surface area contributed by atoms with Crippen LogP contribution < -0.4 is 5.32 Å². The van der Waals surface area contributed by atoms with Crippen LogP contribution in [0.25, 0.3) is 0 Å². The summed E-state index contributed by atoms with van der Waals surface area (Å²) in [5, 5.41) is 4.62. The van der Waals surface area contributed by atoms with Gasteiger partial charge in [0.1, 0.15) is 0 Å². The molecule has 156 valence electrons. The Kier molecular flexibility index (Phi) is 8.15. The Hall–Kier alpha value is -1.83. The van der Waals surface area contributed by atoms with Gasteiger partial charge < -0.3 is 15.0 Å². The van der Waals surface area contributed by atoms with Gasteiger partial charge in [0, 0.05) is 23.7 Å². The maximum atomic E-state index is 13.1. The first-order valence-electron chi connectivity index (χ1n) is 9.92. The maximum Gasteiger partial charge on any atom is 0.235 e. The van der Waals surface area contributed by atoms with Crippen LogP contribution in [-0.4, -0.2) is 47.0 Å². The van der Waals surface area contributed by atoms with Crippen molar-refractivity contribution in [3.63, 3.8) is 0 Å². The van der Waals surface area contributed by atoms with Crippen molar-refractivity contribution in [2.75, 3.05) is 24.2 Å². The van der Waals surface area contributed by atoms with Gasteiger partial charge in [-0.1, -0.05) is 23.8 Å². The molecule has 1 aliphatic rings. The first kappa shape index (κ1) is 21.9. The van der Waals surface area contributed by atoms with Crippen molar-refractivity contribution in [1.82, 2.24) is 4.90 Å². The lowest BCUT2D eigenvalue weighted by atomic mass is 10.2. The first-order chi connectivity index (χ1) is 14.0. The molecule has 1 aliphatic heterocycles. The summed E-state index contributed by atoms with van der Waals surface area (Å²) in [5.74, 6) is 0.206. The normalized spacial score (nSPS) is 17.1. The van der Waals surface area contributed by atoms with Gasteiger partial charge in [-0.25, -0.2) is 0 Å². The summed E-state index contributed by atoms with van der Waals surface area (Å²) in [6.07, 6.45) is 2.16. The van der Waals surface area contributed by atoms with Gasteiger partial charge in [-0.05, 0) is 50.3 Å². The van der Waals surface area contributed by atoms with Crippen LogP contribution in [-0.2, 0) is 20.9 Å². The summed E-state index contributed by atoms with van der Waals surface area (Å²) < 4.78 is 5.74. The molecule has 29 heavy (non-hydrogen) atoms. The van der Waals surface area contributed by atoms with Gasteiger partial charge in [0.15, 0.2) is 0 Å². The summed E-state index contributed by atoms with van der Waals surface area (Å²) in [7, 11) is 0. The molecule has 0 spiro atoms. The van der Waals surface area contributed by atoms with Crippen LogP contribution in [0.15, 0.2) is 41.8 Å². The van der Waals surface area contributed by atoms with E-state index in [0.717, 1.165) is 35.6 Å². The number of hydrogen-bond donors (Lipinski definition) is 1. The number of hydrogen-bond acceptors (Lipinski definition) is 5. The Morgan fingerprint density at radius 3 is 2.76 bits per heavy atom. The third-order valence-corrected chi connectivity index (χ3v) is 6.83. The number of benzene rings is 1. The average Bonchev–Trinajstić information content (AvgIpc) is 3.41. The molecule has 2 atom stereocenters. The van der Waals surface area contributed by atoms with Crippen molar-refractivity contribution in [1.29, 1.82) is 0 Å². The van der Waals surface area contributed by atoms with Gasteiger partial charge in [-0.3, -0.25) is 9.59 Å². The van der Waals surface area contributed by atoms with Crippen LogP contribution in [0.1, 0.15) is 30.2 Å². The van der Waals surface area contributed by atoms with E-state index in [0.29, 0.717) is 13.1 Å². The van der Waals surface area contributed by atoms with Crippen molar-refractivity contribution in [3.8, 4) is 0 Å². The highest BCUT2D eigenvalue weighted by atomic mass is 32.2.